The van der Waals surface area contributed by atoms with Gasteiger partial charge in [-0.1, -0.05) is 5.57 Å². The molecule has 0 amide bonds. The number of hydrogen-bond donors (Lipinski definition) is 1. The molecule has 166 valence electrons. The van der Waals surface area contributed by atoms with Crippen LogP contribution in [0.1, 0.15) is 24.1 Å². The van der Waals surface area contributed by atoms with Gasteiger partial charge < -0.3 is 15.0 Å². The molecule has 2 atom stereocenters. The van der Waals surface area contributed by atoms with E-state index in [1.54, 1.807) is 25.6 Å². The molecule has 4 heterocycles. The van der Waals surface area contributed by atoms with Gasteiger partial charge in [-0.15, -0.1) is 0 Å². The van der Waals surface area contributed by atoms with E-state index < -0.39 is 16.2 Å². The zero-order valence-corrected chi connectivity index (χ0v) is 18.2. The van der Waals surface area contributed by atoms with Gasteiger partial charge in [-0.2, -0.15) is 17.6 Å². The fourth-order valence-electron chi connectivity index (χ4n) is 4.95. The highest BCUT2D eigenvalue weighted by atomic mass is 32.2. The van der Waals surface area contributed by atoms with Gasteiger partial charge in [0.05, 0.1) is 30.4 Å². The second-order valence-electron chi connectivity index (χ2n) is 8.60. The molecular formula is C21H26FN5O3S. The average Bonchev–Trinajstić information content (AvgIpc) is 3.38. The van der Waals surface area contributed by atoms with Crippen molar-refractivity contribution in [1.82, 2.24) is 19.5 Å². The summed E-state index contributed by atoms with van der Waals surface area (Å²) in [7, 11) is -2.25. The lowest BCUT2D eigenvalue weighted by atomic mass is 9.69. The van der Waals surface area contributed by atoms with E-state index in [9.17, 15) is 12.8 Å². The Bertz CT molecular complexity index is 1130. The number of methoxy groups -OCH3 is 1. The molecule has 1 aliphatic carbocycles. The summed E-state index contributed by atoms with van der Waals surface area (Å²) in [6.07, 6.45) is 7.56. The van der Waals surface area contributed by atoms with Gasteiger partial charge in [0.15, 0.2) is 0 Å². The lowest BCUT2D eigenvalue weighted by Crippen LogP contribution is -2.47. The summed E-state index contributed by atoms with van der Waals surface area (Å²) < 4.78 is 47.2. The zero-order valence-electron chi connectivity index (χ0n) is 17.4. The number of fused-ring (bicyclic) bond motifs is 2. The summed E-state index contributed by atoms with van der Waals surface area (Å²) in [6.45, 7) is 3.02. The molecule has 1 unspecified atom stereocenters. The number of alkyl halides is 1. The molecule has 8 nitrogen and oxygen atoms in total. The molecule has 2 aliphatic heterocycles. The highest BCUT2D eigenvalue weighted by Crippen LogP contribution is 2.42. The number of hydrogen-bond acceptors (Lipinski definition) is 7. The van der Waals surface area contributed by atoms with Crippen LogP contribution < -0.4 is 10.2 Å². The van der Waals surface area contributed by atoms with Crippen molar-refractivity contribution in [3.8, 4) is 0 Å². The molecule has 0 saturated carbocycles. The third-order valence-electron chi connectivity index (χ3n) is 6.55. The summed E-state index contributed by atoms with van der Waals surface area (Å²) in [6, 6.07) is 1.56. The Balaban J connectivity index is 1.52. The molecule has 2 aromatic rings. The van der Waals surface area contributed by atoms with Crippen LogP contribution in [0.3, 0.4) is 0 Å². The molecule has 2 aromatic heterocycles. The summed E-state index contributed by atoms with van der Waals surface area (Å²) >= 11 is 0. The van der Waals surface area contributed by atoms with E-state index in [1.165, 1.54) is 11.8 Å². The first-order valence-corrected chi connectivity index (χ1v) is 11.9. The SMILES string of the molecule is COCC12CNCCC1=Cc1c(cnn1S(=O)(=O)c1cncc(N3CC[C@H](F)C3)c1)C2. The van der Waals surface area contributed by atoms with Gasteiger partial charge in [-0.3, -0.25) is 4.98 Å². The Morgan fingerprint density at radius 1 is 1.35 bits per heavy atom. The normalized spacial score (nSPS) is 25.8. The van der Waals surface area contributed by atoms with Crippen molar-refractivity contribution in [2.24, 2.45) is 5.41 Å². The predicted octanol–water partition coefficient (Wildman–Crippen LogP) is 1.63. The molecule has 3 aliphatic rings. The molecule has 0 bridgehead atoms. The summed E-state index contributed by atoms with van der Waals surface area (Å²) in [4.78, 5) is 6.00. The van der Waals surface area contributed by atoms with Crippen molar-refractivity contribution in [1.29, 1.82) is 0 Å². The number of halogens is 1. The van der Waals surface area contributed by atoms with Crippen LogP contribution in [-0.2, 0) is 21.2 Å². The van der Waals surface area contributed by atoms with Crippen LogP contribution in [0.15, 0.2) is 35.1 Å². The van der Waals surface area contributed by atoms with Gasteiger partial charge >= 0.3 is 0 Å². The van der Waals surface area contributed by atoms with Crippen LogP contribution in [0.2, 0.25) is 0 Å². The third kappa shape index (κ3) is 3.46. The van der Waals surface area contributed by atoms with Crippen LogP contribution in [-0.4, -0.2) is 68.7 Å². The number of piperidine rings is 1. The maximum Gasteiger partial charge on any atom is 0.285 e. The number of anilines is 1. The molecule has 2 saturated heterocycles. The largest absolute Gasteiger partial charge is 0.384 e. The Labute approximate surface area is 181 Å². The second-order valence-corrected chi connectivity index (χ2v) is 10.4. The maximum atomic E-state index is 13.6. The second kappa shape index (κ2) is 7.68. The number of rotatable bonds is 5. The topological polar surface area (TPSA) is 89.3 Å². The first kappa shape index (κ1) is 20.6. The van der Waals surface area contributed by atoms with Gasteiger partial charge in [0.25, 0.3) is 10.0 Å². The van der Waals surface area contributed by atoms with E-state index in [0.29, 0.717) is 37.4 Å². The molecule has 31 heavy (non-hydrogen) atoms. The Morgan fingerprint density at radius 3 is 3.00 bits per heavy atom. The number of nitrogens with one attached hydrogen (secondary N) is 1. The Hall–Kier alpha value is -2.30. The van der Waals surface area contributed by atoms with Gasteiger partial charge in [0.2, 0.25) is 0 Å². The standard InChI is InChI=1S/C21H26FN5O3S/c1-30-14-21-8-15-9-25-27(20(15)6-16(21)2-4-23-13-21)31(28,29)19-7-18(10-24-11-19)26-5-3-17(22)12-26/h6-7,9-11,17,23H,2-5,8,12-14H2,1H3/t17-,21?/m0/s1. The van der Waals surface area contributed by atoms with Crippen LogP contribution >= 0.6 is 0 Å². The molecule has 10 heteroatoms. The predicted molar refractivity (Wildman–Crippen MR) is 114 cm³/mol. The lowest BCUT2D eigenvalue weighted by molar-refractivity contribution is 0.0928. The van der Waals surface area contributed by atoms with Gasteiger partial charge in [-0.05, 0) is 43.5 Å². The molecule has 0 radical (unpaired) electrons. The van der Waals surface area contributed by atoms with Crippen molar-refractivity contribution in [3.63, 3.8) is 0 Å². The van der Waals surface area contributed by atoms with E-state index in [-0.39, 0.29) is 16.9 Å². The van der Waals surface area contributed by atoms with E-state index in [1.807, 2.05) is 11.0 Å². The quantitative estimate of drug-likeness (QED) is 0.745. The minimum Gasteiger partial charge on any atom is -0.384 e. The fourth-order valence-corrected chi connectivity index (χ4v) is 6.22. The fraction of sp³-hybridized carbons (Fsp3) is 0.524. The van der Waals surface area contributed by atoms with E-state index >= 15 is 0 Å². The van der Waals surface area contributed by atoms with E-state index in [0.717, 1.165) is 29.2 Å². The smallest absolute Gasteiger partial charge is 0.285 e. The molecule has 5 rings (SSSR count). The average molecular weight is 448 g/mol. The first-order valence-electron chi connectivity index (χ1n) is 10.5. The highest BCUT2D eigenvalue weighted by molar-refractivity contribution is 7.89. The highest BCUT2D eigenvalue weighted by Gasteiger charge is 2.41. The zero-order chi connectivity index (χ0) is 21.6. The van der Waals surface area contributed by atoms with Gasteiger partial charge in [0, 0.05) is 38.4 Å². The van der Waals surface area contributed by atoms with Crippen molar-refractivity contribution in [2.45, 2.75) is 30.3 Å². The van der Waals surface area contributed by atoms with Crippen LogP contribution in [0.25, 0.3) is 6.08 Å². The Kier molecular flexibility index (Phi) is 5.10. The van der Waals surface area contributed by atoms with Crippen molar-refractivity contribution >= 4 is 21.8 Å². The molecule has 0 spiro atoms. The summed E-state index contributed by atoms with van der Waals surface area (Å²) in [5.41, 5.74) is 3.11. The maximum absolute atomic E-state index is 13.6. The van der Waals surface area contributed by atoms with Crippen molar-refractivity contribution in [2.75, 3.05) is 44.8 Å². The van der Waals surface area contributed by atoms with Gasteiger partial charge in [-0.25, -0.2) is 4.39 Å². The first-order chi connectivity index (χ1) is 14.9. The van der Waals surface area contributed by atoms with Crippen LogP contribution in [0, 0.1) is 5.41 Å². The summed E-state index contributed by atoms with van der Waals surface area (Å²) in [5, 5.41) is 7.69. The Morgan fingerprint density at radius 2 is 2.23 bits per heavy atom. The minimum atomic E-state index is -3.94. The molecule has 1 N–H and O–H groups in total. The molecule has 2 fully saturated rings. The monoisotopic (exact) mass is 447 g/mol. The van der Waals surface area contributed by atoms with Crippen molar-refractivity contribution < 1.29 is 17.5 Å². The minimum absolute atomic E-state index is 0.0515. The number of pyridine rings is 1. The summed E-state index contributed by atoms with van der Waals surface area (Å²) in [5.74, 6) is 0. The number of nitrogens with zero attached hydrogens (tertiary/aromatic N) is 4. The molecular weight excluding hydrogens is 421 g/mol. The van der Waals surface area contributed by atoms with Crippen LogP contribution in [0.5, 0.6) is 0 Å². The van der Waals surface area contributed by atoms with E-state index in [2.05, 4.69) is 15.4 Å². The molecule has 0 aromatic carbocycles. The van der Waals surface area contributed by atoms with E-state index in [4.69, 9.17) is 4.74 Å². The number of aromatic nitrogens is 3. The lowest BCUT2D eigenvalue weighted by Gasteiger charge is -2.42. The third-order valence-corrected chi connectivity index (χ3v) is 8.12. The number of ether oxygens (including phenoxy) is 1. The van der Waals surface area contributed by atoms with Crippen molar-refractivity contribution in [3.05, 3.63) is 41.5 Å². The van der Waals surface area contributed by atoms with Gasteiger partial charge in [0.1, 0.15) is 11.1 Å². The van der Waals surface area contributed by atoms with Crippen LogP contribution in [0.4, 0.5) is 10.1 Å².